The van der Waals surface area contributed by atoms with E-state index in [9.17, 15) is 4.79 Å². The van der Waals surface area contributed by atoms with Crippen LogP contribution in [-0.2, 0) is 10.2 Å². The molecular formula is C10H12N2O. The van der Waals surface area contributed by atoms with E-state index < -0.39 is 0 Å². The van der Waals surface area contributed by atoms with Crippen molar-refractivity contribution in [3.63, 3.8) is 0 Å². The predicted molar refractivity (Wildman–Crippen MR) is 49.2 cm³/mol. The standard InChI is InChI=1S/C10H12N2O/c1-10(5-9(13)12-7-10)8-3-2-4-11-6-8/h2-4,6H,5,7H2,1H3,(H,12,13)/t10-/m0/s1. The Balaban J connectivity index is 2.31. The summed E-state index contributed by atoms with van der Waals surface area (Å²) in [4.78, 5) is 15.2. The second-order valence-corrected chi connectivity index (χ2v) is 3.76. The summed E-state index contributed by atoms with van der Waals surface area (Å²) in [5, 5.41) is 2.84. The number of pyridine rings is 1. The third-order valence-corrected chi connectivity index (χ3v) is 2.58. The van der Waals surface area contributed by atoms with Crippen molar-refractivity contribution >= 4 is 5.91 Å². The van der Waals surface area contributed by atoms with Crippen LogP contribution in [0.2, 0.25) is 0 Å². The Morgan fingerprint density at radius 2 is 2.46 bits per heavy atom. The second-order valence-electron chi connectivity index (χ2n) is 3.76. The van der Waals surface area contributed by atoms with Crippen molar-refractivity contribution in [3.8, 4) is 0 Å². The molecule has 0 unspecified atom stereocenters. The molecule has 1 N–H and O–H groups in total. The molecule has 2 heterocycles. The number of hydrogen-bond donors (Lipinski definition) is 1. The van der Waals surface area contributed by atoms with Crippen molar-refractivity contribution in [1.29, 1.82) is 0 Å². The maximum atomic E-state index is 11.1. The van der Waals surface area contributed by atoms with E-state index in [-0.39, 0.29) is 11.3 Å². The van der Waals surface area contributed by atoms with Crippen LogP contribution in [0.5, 0.6) is 0 Å². The van der Waals surface area contributed by atoms with Gasteiger partial charge >= 0.3 is 0 Å². The van der Waals surface area contributed by atoms with Gasteiger partial charge < -0.3 is 5.32 Å². The molecule has 1 aromatic heterocycles. The van der Waals surface area contributed by atoms with Crippen molar-refractivity contribution < 1.29 is 4.79 Å². The topological polar surface area (TPSA) is 42.0 Å². The summed E-state index contributed by atoms with van der Waals surface area (Å²) in [7, 11) is 0. The molecule has 0 aromatic carbocycles. The van der Waals surface area contributed by atoms with Crippen molar-refractivity contribution in [2.45, 2.75) is 18.8 Å². The van der Waals surface area contributed by atoms with Crippen molar-refractivity contribution in [2.75, 3.05) is 6.54 Å². The first-order valence-corrected chi connectivity index (χ1v) is 4.38. The van der Waals surface area contributed by atoms with Gasteiger partial charge in [-0.15, -0.1) is 0 Å². The van der Waals surface area contributed by atoms with Crippen LogP contribution in [0, 0.1) is 0 Å². The Morgan fingerprint density at radius 3 is 3.00 bits per heavy atom. The fourth-order valence-corrected chi connectivity index (χ4v) is 1.70. The predicted octanol–water partition coefficient (Wildman–Crippen LogP) is 0.859. The molecule has 3 heteroatoms. The Bertz CT molecular complexity index is 323. The van der Waals surface area contributed by atoms with E-state index in [1.807, 2.05) is 18.3 Å². The van der Waals surface area contributed by atoms with E-state index >= 15 is 0 Å². The lowest BCUT2D eigenvalue weighted by atomic mass is 9.83. The zero-order chi connectivity index (χ0) is 9.31. The first kappa shape index (κ1) is 8.23. The lowest BCUT2D eigenvalue weighted by molar-refractivity contribution is -0.119. The quantitative estimate of drug-likeness (QED) is 0.689. The lowest BCUT2D eigenvalue weighted by Gasteiger charge is -2.20. The van der Waals surface area contributed by atoms with Crippen LogP contribution in [0.25, 0.3) is 0 Å². The van der Waals surface area contributed by atoms with Gasteiger partial charge in [0.15, 0.2) is 0 Å². The summed E-state index contributed by atoms with van der Waals surface area (Å²) in [5.41, 5.74) is 1.07. The van der Waals surface area contributed by atoms with Crippen molar-refractivity contribution in [2.24, 2.45) is 0 Å². The van der Waals surface area contributed by atoms with Crippen LogP contribution >= 0.6 is 0 Å². The van der Waals surface area contributed by atoms with Gasteiger partial charge in [0.2, 0.25) is 5.91 Å². The molecule has 0 spiro atoms. The highest BCUT2D eigenvalue weighted by Gasteiger charge is 2.35. The SMILES string of the molecule is C[C@@]1(c2cccnc2)CNC(=O)C1. The first-order chi connectivity index (χ1) is 6.21. The highest BCUT2D eigenvalue weighted by molar-refractivity contribution is 5.80. The van der Waals surface area contributed by atoms with Crippen LogP contribution in [0.4, 0.5) is 0 Å². The van der Waals surface area contributed by atoms with Gasteiger partial charge in [0.05, 0.1) is 0 Å². The van der Waals surface area contributed by atoms with Gasteiger partial charge in [0.25, 0.3) is 0 Å². The maximum Gasteiger partial charge on any atom is 0.220 e. The average molecular weight is 176 g/mol. The number of nitrogens with zero attached hydrogens (tertiary/aromatic N) is 1. The van der Waals surface area contributed by atoms with Crippen LogP contribution in [0.1, 0.15) is 18.9 Å². The normalized spacial score (nSPS) is 27.3. The Labute approximate surface area is 77.2 Å². The van der Waals surface area contributed by atoms with Crippen LogP contribution in [-0.4, -0.2) is 17.4 Å². The first-order valence-electron chi connectivity index (χ1n) is 4.38. The van der Waals surface area contributed by atoms with Gasteiger partial charge in [-0.1, -0.05) is 13.0 Å². The van der Waals surface area contributed by atoms with Gasteiger partial charge in [0, 0.05) is 30.8 Å². The average Bonchev–Trinajstić information content (AvgIpc) is 2.49. The summed E-state index contributed by atoms with van der Waals surface area (Å²) < 4.78 is 0. The number of aromatic nitrogens is 1. The van der Waals surface area contributed by atoms with E-state index in [4.69, 9.17) is 0 Å². The van der Waals surface area contributed by atoms with E-state index in [0.29, 0.717) is 6.42 Å². The Morgan fingerprint density at radius 1 is 1.62 bits per heavy atom. The van der Waals surface area contributed by atoms with Gasteiger partial charge in [-0.05, 0) is 11.6 Å². The molecule has 13 heavy (non-hydrogen) atoms. The number of amides is 1. The molecule has 0 bridgehead atoms. The third-order valence-electron chi connectivity index (χ3n) is 2.58. The second kappa shape index (κ2) is 2.83. The molecular weight excluding hydrogens is 164 g/mol. The van der Waals surface area contributed by atoms with Gasteiger partial charge in [0.1, 0.15) is 0 Å². The monoisotopic (exact) mass is 176 g/mol. The zero-order valence-electron chi connectivity index (χ0n) is 7.58. The third kappa shape index (κ3) is 1.41. The van der Waals surface area contributed by atoms with Crippen LogP contribution < -0.4 is 5.32 Å². The molecule has 2 rings (SSSR count). The molecule has 3 nitrogen and oxygen atoms in total. The number of carbonyl (C=O) groups is 1. The number of hydrogen-bond acceptors (Lipinski definition) is 2. The van der Waals surface area contributed by atoms with Gasteiger partial charge in [-0.2, -0.15) is 0 Å². The van der Waals surface area contributed by atoms with E-state index in [1.165, 1.54) is 0 Å². The van der Waals surface area contributed by atoms with Crippen molar-refractivity contribution in [3.05, 3.63) is 30.1 Å². The van der Waals surface area contributed by atoms with Crippen LogP contribution in [0.15, 0.2) is 24.5 Å². The summed E-state index contributed by atoms with van der Waals surface area (Å²) in [6, 6.07) is 3.93. The van der Waals surface area contributed by atoms with Gasteiger partial charge in [-0.25, -0.2) is 0 Å². The zero-order valence-corrected chi connectivity index (χ0v) is 7.58. The molecule has 1 aliphatic heterocycles. The summed E-state index contributed by atoms with van der Waals surface area (Å²) in [6.45, 7) is 2.80. The molecule has 1 aliphatic rings. The fourth-order valence-electron chi connectivity index (χ4n) is 1.70. The van der Waals surface area contributed by atoms with Gasteiger partial charge in [-0.3, -0.25) is 9.78 Å². The minimum Gasteiger partial charge on any atom is -0.355 e. The molecule has 0 radical (unpaired) electrons. The highest BCUT2D eigenvalue weighted by Crippen LogP contribution is 2.29. The van der Waals surface area contributed by atoms with Crippen molar-refractivity contribution in [1.82, 2.24) is 10.3 Å². The minimum absolute atomic E-state index is 0.0641. The summed E-state index contributed by atoms with van der Waals surface area (Å²) in [6.07, 6.45) is 4.15. The van der Waals surface area contributed by atoms with E-state index in [0.717, 1.165) is 12.1 Å². The van der Waals surface area contributed by atoms with E-state index in [1.54, 1.807) is 6.20 Å². The number of nitrogens with one attached hydrogen (secondary N) is 1. The number of carbonyl (C=O) groups excluding carboxylic acids is 1. The molecule has 1 saturated heterocycles. The lowest BCUT2D eigenvalue weighted by Crippen LogP contribution is -2.24. The molecule has 1 fully saturated rings. The summed E-state index contributed by atoms with van der Waals surface area (Å²) in [5.74, 6) is 0.131. The minimum atomic E-state index is -0.0641. The summed E-state index contributed by atoms with van der Waals surface area (Å²) >= 11 is 0. The molecule has 1 amide bonds. The number of rotatable bonds is 1. The van der Waals surface area contributed by atoms with E-state index in [2.05, 4.69) is 17.2 Å². The molecule has 0 aliphatic carbocycles. The largest absolute Gasteiger partial charge is 0.355 e. The molecule has 68 valence electrons. The fraction of sp³-hybridized carbons (Fsp3) is 0.400. The Hall–Kier alpha value is -1.38. The Kier molecular flexibility index (Phi) is 1.79. The maximum absolute atomic E-state index is 11.1. The van der Waals surface area contributed by atoms with Crippen LogP contribution in [0.3, 0.4) is 0 Å². The smallest absolute Gasteiger partial charge is 0.220 e. The highest BCUT2D eigenvalue weighted by atomic mass is 16.1. The molecule has 1 aromatic rings. The molecule has 1 atom stereocenters. The molecule has 0 saturated carbocycles.